The Hall–Kier alpha value is -6.44. The van der Waals surface area contributed by atoms with Gasteiger partial charge in [0.05, 0.1) is 59.9 Å². The summed E-state index contributed by atoms with van der Waals surface area (Å²) in [5.74, 6) is 7.32. The zero-order valence-electron chi connectivity index (χ0n) is 34.6. The summed E-state index contributed by atoms with van der Waals surface area (Å²) in [6, 6.07) is 15.6. The first-order chi connectivity index (χ1) is 29.6. The molecule has 14 nitrogen and oxygen atoms in total. The Bertz CT molecular complexity index is 2550. The molecule has 1 aliphatic heterocycles. The number of fused-ring (bicyclic) bond motifs is 1. The molecule has 3 unspecified atom stereocenters. The van der Waals surface area contributed by atoms with Gasteiger partial charge in [-0.1, -0.05) is 81.3 Å². The molecule has 1 saturated heterocycles. The highest BCUT2D eigenvalue weighted by Crippen LogP contribution is 2.40. The molecule has 4 amide bonds. The van der Waals surface area contributed by atoms with Gasteiger partial charge in [0.2, 0.25) is 11.8 Å². The van der Waals surface area contributed by atoms with Crippen LogP contribution in [0.1, 0.15) is 80.6 Å². The van der Waals surface area contributed by atoms with E-state index in [9.17, 15) is 19.2 Å². The molecule has 0 radical (unpaired) electrons. The smallest absolute Gasteiger partial charge is 0.407 e. The van der Waals surface area contributed by atoms with Gasteiger partial charge < -0.3 is 39.9 Å². The number of hydrogen-bond donors (Lipinski definition) is 4. The molecule has 5 heterocycles. The lowest BCUT2D eigenvalue weighted by Gasteiger charge is -2.30. The highest BCUT2D eigenvalue weighted by molar-refractivity contribution is 7.27. The summed E-state index contributed by atoms with van der Waals surface area (Å²) in [6.07, 6.45) is 4.50. The summed E-state index contributed by atoms with van der Waals surface area (Å²) in [5.41, 5.74) is 6.26. The van der Waals surface area contributed by atoms with E-state index in [1.54, 1.807) is 52.1 Å². The maximum Gasteiger partial charge on any atom is 0.407 e. The number of nitrogens with one attached hydrogen (secondary N) is 4. The highest BCUT2D eigenvalue weighted by Gasteiger charge is 2.37. The number of aromatic amines is 2. The van der Waals surface area contributed by atoms with Gasteiger partial charge >= 0.3 is 12.2 Å². The van der Waals surface area contributed by atoms with Gasteiger partial charge in [-0.25, -0.2) is 19.6 Å². The van der Waals surface area contributed by atoms with Crippen molar-refractivity contribution in [3.8, 4) is 34.2 Å². The molecule has 4 aromatic heterocycles. The standard InChI is InChI=1S/C45H48N8O6S2/c1-6-20-52(42(54)38(51-45(57)59-5)30-11-8-7-9-12-30)24-36-46-22-32(48-36)19-18-31-25-60-40-33(26-61-39(31)40)28-14-16-29(17-15-28)34-23-47-41(49-34)35-13-10-21-53(35)43(55)37(27(2)3)50-44(56)58-4/h7-9,11-12,14-17,22-23,25-27,35,37-38H,6,10,13,20-21,24H2,1-5H3,(H,46,48)(H,47,49)(H,50,56)(H,51,57). The molecular formula is C45H48N8O6S2. The average Bonchev–Trinajstić information content (AvgIpc) is 4.13. The average molecular weight is 861 g/mol. The third-order valence-electron chi connectivity index (χ3n) is 10.6. The molecule has 0 spiro atoms. The molecule has 7 rings (SSSR count). The van der Waals surface area contributed by atoms with E-state index in [2.05, 4.69) is 72.5 Å². The molecule has 1 fully saturated rings. The van der Waals surface area contributed by atoms with E-state index in [1.807, 2.05) is 43.9 Å². The van der Waals surface area contributed by atoms with Crippen LogP contribution in [0.4, 0.5) is 9.59 Å². The molecule has 6 aromatic rings. The number of carbonyl (C=O) groups excluding carboxylic acids is 4. The number of ether oxygens (including phenoxy) is 2. The molecular weight excluding hydrogens is 813 g/mol. The number of thiophene rings is 2. The maximum atomic E-state index is 13.8. The fourth-order valence-electron chi connectivity index (χ4n) is 7.43. The summed E-state index contributed by atoms with van der Waals surface area (Å²) in [7, 11) is 2.56. The minimum Gasteiger partial charge on any atom is -0.453 e. The molecule has 2 aromatic carbocycles. The first kappa shape index (κ1) is 42.7. The van der Waals surface area contributed by atoms with Crippen molar-refractivity contribution < 1.29 is 28.7 Å². The van der Waals surface area contributed by atoms with Gasteiger partial charge in [0, 0.05) is 29.4 Å². The predicted octanol–water partition coefficient (Wildman–Crippen LogP) is 8.02. The van der Waals surface area contributed by atoms with E-state index in [4.69, 9.17) is 14.5 Å². The number of imidazole rings is 2. The fourth-order valence-corrected chi connectivity index (χ4v) is 9.75. The number of alkyl carbamates (subject to hydrolysis) is 2. The van der Waals surface area contributed by atoms with Crippen molar-refractivity contribution in [2.75, 3.05) is 27.3 Å². The number of likely N-dealkylation sites (tertiary alicyclic amines) is 1. The van der Waals surface area contributed by atoms with E-state index >= 15 is 0 Å². The number of methoxy groups -OCH3 is 2. The Morgan fingerprint density at radius 1 is 0.902 bits per heavy atom. The third kappa shape index (κ3) is 9.64. The van der Waals surface area contributed by atoms with Crippen molar-refractivity contribution >= 4 is 56.1 Å². The molecule has 1 aliphatic rings. The van der Waals surface area contributed by atoms with Gasteiger partial charge in [-0.05, 0) is 47.8 Å². The van der Waals surface area contributed by atoms with Crippen molar-refractivity contribution in [3.05, 3.63) is 106 Å². The second-order valence-electron chi connectivity index (χ2n) is 15.0. The number of carbonyl (C=O) groups is 4. The summed E-state index contributed by atoms with van der Waals surface area (Å²) in [5, 5.41) is 9.61. The molecule has 3 atom stereocenters. The normalized spacial score (nSPS) is 14.6. The largest absolute Gasteiger partial charge is 0.453 e. The van der Waals surface area contributed by atoms with Crippen molar-refractivity contribution in [3.63, 3.8) is 0 Å². The second kappa shape index (κ2) is 19.3. The zero-order valence-corrected chi connectivity index (χ0v) is 36.2. The van der Waals surface area contributed by atoms with Crippen LogP contribution in [0.3, 0.4) is 0 Å². The number of nitrogens with zero attached hydrogens (tertiary/aromatic N) is 4. The van der Waals surface area contributed by atoms with Crippen LogP contribution in [0.15, 0.2) is 77.8 Å². The topological polar surface area (TPSA) is 175 Å². The van der Waals surface area contributed by atoms with Crippen LogP contribution in [0.5, 0.6) is 0 Å². The third-order valence-corrected chi connectivity index (χ3v) is 12.7. The first-order valence-electron chi connectivity index (χ1n) is 20.1. The van der Waals surface area contributed by atoms with E-state index in [0.29, 0.717) is 36.6 Å². The number of rotatable bonds is 13. The van der Waals surface area contributed by atoms with Gasteiger partial charge in [0.25, 0.3) is 0 Å². The molecule has 316 valence electrons. The summed E-state index contributed by atoms with van der Waals surface area (Å²) in [4.78, 5) is 70.9. The van der Waals surface area contributed by atoms with E-state index in [0.717, 1.165) is 56.0 Å². The van der Waals surface area contributed by atoms with Crippen molar-refractivity contribution in [1.29, 1.82) is 0 Å². The molecule has 4 N–H and O–H groups in total. The van der Waals surface area contributed by atoms with E-state index in [-0.39, 0.29) is 30.3 Å². The summed E-state index contributed by atoms with van der Waals surface area (Å²) < 4.78 is 11.8. The van der Waals surface area contributed by atoms with Crippen molar-refractivity contribution in [2.45, 2.75) is 64.7 Å². The Kier molecular flexibility index (Phi) is 13.5. The molecule has 0 bridgehead atoms. The van der Waals surface area contributed by atoms with Crippen LogP contribution >= 0.6 is 22.7 Å². The first-order valence-corrected chi connectivity index (χ1v) is 21.9. The minimum atomic E-state index is -0.912. The van der Waals surface area contributed by atoms with Crippen LogP contribution in [-0.2, 0) is 25.6 Å². The lowest BCUT2D eigenvalue weighted by Crippen LogP contribution is -2.51. The monoisotopic (exact) mass is 860 g/mol. The molecule has 16 heteroatoms. The Morgan fingerprint density at radius 2 is 1.62 bits per heavy atom. The Balaban J connectivity index is 1.02. The summed E-state index contributed by atoms with van der Waals surface area (Å²) in [6.45, 7) is 7.06. The van der Waals surface area contributed by atoms with Crippen LogP contribution in [0.2, 0.25) is 0 Å². The molecule has 0 aliphatic carbocycles. The van der Waals surface area contributed by atoms with E-state index in [1.165, 1.54) is 14.2 Å². The van der Waals surface area contributed by atoms with Gasteiger partial charge in [-0.3, -0.25) is 9.59 Å². The number of aromatic nitrogens is 4. The van der Waals surface area contributed by atoms with Crippen LogP contribution in [-0.4, -0.2) is 87.1 Å². The van der Waals surface area contributed by atoms with Gasteiger partial charge in [0.1, 0.15) is 29.4 Å². The molecule has 61 heavy (non-hydrogen) atoms. The lowest BCUT2D eigenvalue weighted by molar-refractivity contribution is -0.135. The zero-order chi connectivity index (χ0) is 43.0. The maximum absolute atomic E-state index is 13.8. The lowest BCUT2D eigenvalue weighted by atomic mass is 10.0. The Morgan fingerprint density at radius 3 is 2.34 bits per heavy atom. The van der Waals surface area contributed by atoms with Gasteiger partial charge in [0.15, 0.2) is 0 Å². The van der Waals surface area contributed by atoms with E-state index < -0.39 is 24.3 Å². The van der Waals surface area contributed by atoms with Gasteiger partial charge in [-0.2, -0.15) is 0 Å². The predicted molar refractivity (Wildman–Crippen MR) is 236 cm³/mol. The van der Waals surface area contributed by atoms with Crippen molar-refractivity contribution in [1.82, 2.24) is 40.4 Å². The minimum absolute atomic E-state index is 0.110. The number of amides is 4. The SMILES string of the molecule is CCCN(Cc1ncc(C#Cc2csc3c(-c4ccc(-c5cnc(C6CCCN6C(=O)C(NC(=O)OC)C(C)C)[nH]5)cc4)csc23)[nH]1)C(=O)C(NC(=O)OC)c1ccccc1. The Labute approximate surface area is 362 Å². The fraction of sp³-hybridized carbons (Fsp3) is 0.333. The second-order valence-corrected chi connectivity index (χ2v) is 16.8. The van der Waals surface area contributed by atoms with Crippen LogP contribution in [0.25, 0.3) is 31.8 Å². The van der Waals surface area contributed by atoms with Crippen molar-refractivity contribution in [2.24, 2.45) is 5.92 Å². The van der Waals surface area contributed by atoms with Crippen LogP contribution < -0.4 is 10.6 Å². The highest BCUT2D eigenvalue weighted by atomic mass is 32.1. The van der Waals surface area contributed by atoms with Crippen LogP contribution in [0, 0.1) is 17.8 Å². The number of hydrogen-bond acceptors (Lipinski definition) is 10. The summed E-state index contributed by atoms with van der Waals surface area (Å²) >= 11 is 3.31. The number of H-pyrrole nitrogens is 2. The number of benzene rings is 2. The molecule has 0 saturated carbocycles. The quantitative estimate of drug-likeness (QED) is 0.0845. The van der Waals surface area contributed by atoms with Gasteiger partial charge in [-0.15, -0.1) is 22.7 Å².